The molecule has 5 nitrogen and oxygen atoms in total. The SMILES string of the molecule is CO[C@H]1O[C@H](C)[C@@H]2OC(C)(C)O[C@@H]2[C@H]1OC. The zero-order valence-corrected chi connectivity index (χ0v) is 10.4. The Morgan fingerprint density at radius 1 is 1.00 bits per heavy atom. The fraction of sp³-hybridized carbons (Fsp3) is 1.00. The fourth-order valence-corrected chi connectivity index (χ4v) is 2.39. The highest BCUT2D eigenvalue weighted by atomic mass is 16.8. The Labute approximate surface area is 95.9 Å². The Bertz CT molecular complexity index is 255. The number of hydrogen-bond acceptors (Lipinski definition) is 5. The van der Waals surface area contributed by atoms with Gasteiger partial charge in [-0.15, -0.1) is 0 Å². The van der Waals surface area contributed by atoms with Gasteiger partial charge >= 0.3 is 0 Å². The minimum atomic E-state index is -0.591. The number of methoxy groups -OCH3 is 2. The van der Waals surface area contributed by atoms with Crippen LogP contribution in [0.1, 0.15) is 20.8 Å². The lowest BCUT2D eigenvalue weighted by atomic mass is 10.00. The summed E-state index contributed by atoms with van der Waals surface area (Å²) in [5.41, 5.74) is 0. The molecule has 0 radical (unpaired) electrons. The number of rotatable bonds is 2. The Balaban J connectivity index is 2.19. The third-order valence-electron chi connectivity index (χ3n) is 3.07. The van der Waals surface area contributed by atoms with E-state index in [-0.39, 0.29) is 24.4 Å². The van der Waals surface area contributed by atoms with Crippen molar-refractivity contribution >= 4 is 0 Å². The van der Waals surface area contributed by atoms with E-state index in [4.69, 9.17) is 23.7 Å². The predicted molar refractivity (Wildman–Crippen MR) is 56.0 cm³/mol. The van der Waals surface area contributed by atoms with Gasteiger partial charge < -0.3 is 23.7 Å². The lowest BCUT2D eigenvalue weighted by molar-refractivity contribution is -0.271. The summed E-state index contributed by atoms with van der Waals surface area (Å²) in [6, 6.07) is 0. The second-order valence-electron chi connectivity index (χ2n) is 4.71. The van der Waals surface area contributed by atoms with Gasteiger partial charge in [-0.25, -0.2) is 0 Å². The van der Waals surface area contributed by atoms with E-state index in [9.17, 15) is 0 Å². The van der Waals surface area contributed by atoms with Gasteiger partial charge in [0.05, 0.1) is 6.10 Å². The molecule has 5 atom stereocenters. The van der Waals surface area contributed by atoms with Crippen molar-refractivity contribution < 1.29 is 23.7 Å². The number of hydrogen-bond donors (Lipinski definition) is 0. The number of ether oxygens (including phenoxy) is 5. The van der Waals surface area contributed by atoms with E-state index in [0.29, 0.717) is 0 Å². The molecule has 94 valence electrons. The van der Waals surface area contributed by atoms with Gasteiger partial charge in [0.25, 0.3) is 0 Å². The first-order valence-corrected chi connectivity index (χ1v) is 5.55. The molecular formula is C11H20O5. The molecule has 0 saturated carbocycles. The zero-order valence-electron chi connectivity index (χ0n) is 10.4. The van der Waals surface area contributed by atoms with E-state index in [0.717, 1.165) is 0 Å². The van der Waals surface area contributed by atoms with Crippen molar-refractivity contribution in [3.05, 3.63) is 0 Å². The molecule has 0 bridgehead atoms. The molecule has 0 unspecified atom stereocenters. The molecule has 2 fully saturated rings. The summed E-state index contributed by atoms with van der Waals surface area (Å²) < 4.78 is 28.0. The van der Waals surface area contributed by atoms with Crippen molar-refractivity contribution in [1.82, 2.24) is 0 Å². The minimum absolute atomic E-state index is 0.0666. The second kappa shape index (κ2) is 4.23. The normalized spacial score (nSPS) is 46.7. The van der Waals surface area contributed by atoms with E-state index in [1.165, 1.54) is 0 Å². The van der Waals surface area contributed by atoms with Crippen molar-refractivity contribution in [2.24, 2.45) is 0 Å². The molecule has 0 aliphatic carbocycles. The van der Waals surface area contributed by atoms with Crippen LogP contribution in [0.25, 0.3) is 0 Å². The third kappa shape index (κ3) is 1.98. The molecule has 0 amide bonds. The summed E-state index contributed by atoms with van der Waals surface area (Å²) in [4.78, 5) is 0. The highest BCUT2D eigenvalue weighted by molar-refractivity contribution is 4.95. The van der Waals surface area contributed by atoms with Crippen molar-refractivity contribution in [2.75, 3.05) is 14.2 Å². The van der Waals surface area contributed by atoms with Crippen LogP contribution in [-0.2, 0) is 23.7 Å². The van der Waals surface area contributed by atoms with Crippen LogP contribution >= 0.6 is 0 Å². The average Bonchev–Trinajstić information content (AvgIpc) is 2.54. The van der Waals surface area contributed by atoms with Crippen LogP contribution in [0.2, 0.25) is 0 Å². The minimum Gasteiger partial charge on any atom is -0.373 e. The summed E-state index contributed by atoms with van der Waals surface area (Å²) in [7, 11) is 3.23. The number of fused-ring (bicyclic) bond motifs is 1. The van der Waals surface area contributed by atoms with Crippen LogP contribution < -0.4 is 0 Å². The molecule has 2 heterocycles. The first-order valence-electron chi connectivity index (χ1n) is 5.55. The van der Waals surface area contributed by atoms with Gasteiger partial charge in [-0.05, 0) is 20.8 Å². The zero-order chi connectivity index (χ0) is 11.9. The Kier molecular flexibility index (Phi) is 3.25. The van der Waals surface area contributed by atoms with Crippen LogP contribution in [0.5, 0.6) is 0 Å². The molecule has 2 saturated heterocycles. The lowest BCUT2D eigenvalue weighted by Gasteiger charge is -2.39. The molecule has 2 aliphatic rings. The fourth-order valence-electron chi connectivity index (χ4n) is 2.39. The quantitative estimate of drug-likeness (QED) is 0.708. The summed E-state index contributed by atoms with van der Waals surface area (Å²) in [5.74, 6) is -0.591. The second-order valence-corrected chi connectivity index (χ2v) is 4.71. The maximum Gasteiger partial charge on any atom is 0.186 e. The van der Waals surface area contributed by atoms with Crippen molar-refractivity contribution in [1.29, 1.82) is 0 Å². The van der Waals surface area contributed by atoms with Crippen molar-refractivity contribution in [2.45, 2.75) is 57.3 Å². The molecular weight excluding hydrogens is 212 g/mol. The molecule has 0 N–H and O–H groups in total. The summed E-state index contributed by atoms with van der Waals surface area (Å²) >= 11 is 0. The van der Waals surface area contributed by atoms with Gasteiger partial charge in [-0.1, -0.05) is 0 Å². The molecule has 2 rings (SSSR count). The van der Waals surface area contributed by atoms with Crippen LogP contribution in [0.15, 0.2) is 0 Å². The molecule has 0 aromatic rings. The summed E-state index contributed by atoms with van der Waals surface area (Å²) in [5, 5.41) is 0. The van der Waals surface area contributed by atoms with E-state index in [1.54, 1.807) is 14.2 Å². The molecule has 5 heteroatoms. The van der Waals surface area contributed by atoms with Gasteiger partial charge in [0, 0.05) is 14.2 Å². The first-order chi connectivity index (χ1) is 7.48. The van der Waals surface area contributed by atoms with E-state index in [1.807, 2.05) is 20.8 Å². The predicted octanol–water partition coefficient (Wildman–Crippen LogP) is 0.913. The van der Waals surface area contributed by atoms with Gasteiger partial charge in [-0.3, -0.25) is 0 Å². The summed E-state index contributed by atoms with van der Waals surface area (Å²) in [6.07, 6.45) is -0.977. The molecule has 0 spiro atoms. The van der Waals surface area contributed by atoms with E-state index < -0.39 is 12.1 Å². The highest BCUT2D eigenvalue weighted by Gasteiger charge is 2.54. The monoisotopic (exact) mass is 232 g/mol. The average molecular weight is 232 g/mol. The lowest BCUT2D eigenvalue weighted by Crippen LogP contribution is -2.56. The van der Waals surface area contributed by atoms with Gasteiger partial charge in [0.1, 0.15) is 18.3 Å². The maximum atomic E-state index is 5.85. The van der Waals surface area contributed by atoms with Crippen molar-refractivity contribution in [3.8, 4) is 0 Å². The first kappa shape index (κ1) is 12.3. The van der Waals surface area contributed by atoms with E-state index in [2.05, 4.69) is 0 Å². The van der Waals surface area contributed by atoms with Gasteiger partial charge in [0.15, 0.2) is 12.1 Å². The smallest absolute Gasteiger partial charge is 0.186 e. The highest BCUT2D eigenvalue weighted by Crippen LogP contribution is 2.38. The molecule has 16 heavy (non-hydrogen) atoms. The van der Waals surface area contributed by atoms with Gasteiger partial charge in [0.2, 0.25) is 0 Å². The van der Waals surface area contributed by atoms with Crippen LogP contribution in [0.3, 0.4) is 0 Å². The molecule has 0 aromatic carbocycles. The van der Waals surface area contributed by atoms with Crippen LogP contribution in [0.4, 0.5) is 0 Å². The molecule has 2 aliphatic heterocycles. The topological polar surface area (TPSA) is 46.2 Å². The summed E-state index contributed by atoms with van der Waals surface area (Å²) in [6.45, 7) is 5.75. The Morgan fingerprint density at radius 3 is 2.19 bits per heavy atom. The Morgan fingerprint density at radius 2 is 1.62 bits per heavy atom. The Hall–Kier alpha value is -0.200. The van der Waals surface area contributed by atoms with Crippen LogP contribution in [-0.4, -0.2) is 50.7 Å². The third-order valence-corrected chi connectivity index (χ3v) is 3.07. The van der Waals surface area contributed by atoms with Crippen LogP contribution in [0, 0.1) is 0 Å². The molecule has 0 aromatic heterocycles. The standard InChI is InChI=1S/C11H20O5/c1-6-7-8(16-11(2,3)15-7)9(12-4)10(13-5)14-6/h6-10H,1-5H3/t6-,7+,8+,9-,10+/m1/s1. The maximum absolute atomic E-state index is 5.85. The van der Waals surface area contributed by atoms with E-state index >= 15 is 0 Å². The largest absolute Gasteiger partial charge is 0.373 e. The van der Waals surface area contributed by atoms with Crippen molar-refractivity contribution in [3.63, 3.8) is 0 Å². The van der Waals surface area contributed by atoms with Gasteiger partial charge in [-0.2, -0.15) is 0 Å².